The van der Waals surface area contributed by atoms with Crippen molar-refractivity contribution in [2.75, 3.05) is 16.8 Å². The molecule has 1 aromatic carbocycles. The zero-order chi connectivity index (χ0) is 17.8. The second kappa shape index (κ2) is 7.46. The van der Waals surface area contributed by atoms with Crippen LogP contribution in [-0.2, 0) is 6.42 Å². The lowest BCUT2D eigenvalue weighted by molar-refractivity contribution is -0.384. The minimum Gasteiger partial charge on any atom is -0.354 e. The third-order valence-corrected chi connectivity index (χ3v) is 4.43. The molecule has 0 bridgehead atoms. The van der Waals surface area contributed by atoms with Crippen LogP contribution in [0.25, 0.3) is 0 Å². The molecule has 1 saturated heterocycles. The molecule has 1 aromatic heterocycles. The highest BCUT2D eigenvalue weighted by molar-refractivity contribution is 5.59. The Morgan fingerprint density at radius 1 is 1.36 bits per heavy atom. The van der Waals surface area contributed by atoms with E-state index in [1.54, 1.807) is 12.1 Å². The van der Waals surface area contributed by atoms with Gasteiger partial charge in [0.05, 0.1) is 4.92 Å². The molecule has 3 rings (SSSR count). The Morgan fingerprint density at radius 2 is 2.20 bits per heavy atom. The van der Waals surface area contributed by atoms with E-state index >= 15 is 0 Å². The van der Waals surface area contributed by atoms with Gasteiger partial charge in [-0.25, -0.2) is 4.98 Å². The molecular formula is C18H23N5O2. The van der Waals surface area contributed by atoms with Crippen molar-refractivity contribution in [2.24, 2.45) is 0 Å². The van der Waals surface area contributed by atoms with Gasteiger partial charge in [0, 0.05) is 42.2 Å². The quantitative estimate of drug-likeness (QED) is 0.630. The van der Waals surface area contributed by atoms with Crippen LogP contribution < -0.4 is 10.2 Å². The molecule has 7 nitrogen and oxygen atoms in total. The molecule has 1 N–H and O–H groups in total. The van der Waals surface area contributed by atoms with Gasteiger partial charge in [0.25, 0.3) is 5.69 Å². The summed E-state index contributed by atoms with van der Waals surface area (Å²) in [5, 5.41) is 14.1. The molecular weight excluding hydrogens is 318 g/mol. The summed E-state index contributed by atoms with van der Waals surface area (Å²) < 4.78 is 0. The first-order chi connectivity index (χ1) is 12.1. The van der Waals surface area contributed by atoms with Gasteiger partial charge in [-0.1, -0.05) is 19.4 Å². The van der Waals surface area contributed by atoms with Gasteiger partial charge in [-0.2, -0.15) is 4.98 Å². The van der Waals surface area contributed by atoms with Crippen LogP contribution in [0.3, 0.4) is 0 Å². The number of hydrogen-bond acceptors (Lipinski definition) is 6. The number of rotatable bonds is 6. The summed E-state index contributed by atoms with van der Waals surface area (Å²) in [6.45, 7) is 5.33. The zero-order valence-corrected chi connectivity index (χ0v) is 14.6. The lowest BCUT2D eigenvalue weighted by atomic mass is 10.2. The Labute approximate surface area is 147 Å². The highest BCUT2D eigenvalue weighted by Gasteiger charge is 2.22. The van der Waals surface area contributed by atoms with E-state index in [9.17, 15) is 10.1 Å². The molecule has 1 atom stereocenters. The van der Waals surface area contributed by atoms with Crippen LogP contribution in [0.1, 0.15) is 38.8 Å². The van der Waals surface area contributed by atoms with E-state index in [-0.39, 0.29) is 5.69 Å². The van der Waals surface area contributed by atoms with Crippen molar-refractivity contribution in [1.29, 1.82) is 0 Å². The Balaban J connectivity index is 1.90. The Morgan fingerprint density at radius 3 is 2.88 bits per heavy atom. The average molecular weight is 341 g/mol. The summed E-state index contributed by atoms with van der Waals surface area (Å²) in [7, 11) is 0. The molecule has 0 saturated carbocycles. The first kappa shape index (κ1) is 17.1. The maximum atomic E-state index is 10.9. The van der Waals surface area contributed by atoms with Gasteiger partial charge in [0.2, 0.25) is 5.95 Å². The molecule has 2 aromatic rings. The van der Waals surface area contributed by atoms with Gasteiger partial charge in [-0.05, 0) is 32.3 Å². The number of non-ortho nitro benzene ring substituents is 1. The topological polar surface area (TPSA) is 84.2 Å². The van der Waals surface area contributed by atoms with Gasteiger partial charge in [0.1, 0.15) is 5.82 Å². The van der Waals surface area contributed by atoms with Crippen LogP contribution in [0.2, 0.25) is 0 Å². The van der Waals surface area contributed by atoms with E-state index in [2.05, 4.69) is 40.1 Å². The number of nitrogens with zero attached hydrogens (tertiary/aromatic N) is 4. The lowest BCUT2D eigenvalue weighted by Gasteiger charge is -2.23. The van der Waals surface area contributed by atoms with Crippen LogP contribution in [0.5, 0.6) is 0 Å². The molecule has 1 aliphatic heterocycles. The van der Waals surface area contributed by atoms with E-state index in [4.69, 9.17) is 0 Å². The molecule has 0 radical (unpaired) electrons. The van der Waals surface area contributed by atoms with E-state index in [1.165, 1.54) is 25.0 Å². The summed E-state index contributed by atoms with van der Waals surface area (Å²) in [5.74, 6) is 1.41. The molecule has 25 heavy (non-hydrogen) atoms. The van der Waals surface area contributed by atoms with E-state index in [0.717, 1.165) is 30.9 Å². The van der Waals surface area contributed by atoms with Crippen LogP contribution in [0.15, 0.2) is 30.3 Å². The third-order valence-electron chi connectivity index (χ3n) is 4.43. The monoisotopic (exact) mass is 341 g/mol. The molecule has 7 heteroatoms. The first-order valence-corrected chi connectivity index (χ1v) is 8.73. The van der Waals surface area contributed by atoms with Crippen molar-refractivity contribution in [3.63, 3.8) is 0 Å². The van der Waals surface area contributed by atoms with Crippen molar-refractivity contribution < 1.29 is 4.92 Å². The Kier molecular flexibility index (Phi) is 5.11. The molecule has 0 unspecified atom stereocenters. The molecule has 0 amide bonds. The molecule has 0 aliphatic carbocycles. The predicted molar refractivity (Wildman–Crippen MR) is 98.4 cm³/mol. The second-order valence-electron chi connectivity index (χ2n) is 6.41. The normalized spacial score (nSPS) is 16.9. The van der Waals surface area contributed by atoms with Crippen molar-refractivity contribution >= 4 is 23.1 Å². The fraction of sp³-hybridized carbons (Fsp3) is 0.444. The average Bonchev–Trinajstić information content (AvgIpc) is 3.01. The minimum atomic E-state index is -0.406. The number of aryl methyl sites for hydroxylation is 1. The van der Waals surface area contributed by atoms with E-state index in [1.807, 2.05) is 0 Å². The Bertz CT molecular complexity index is 765. The third kappa shape index (κ3) is 4.04. The van der Waals surface area contributed by atoms with E-state index < -0.39 is 4.92 Å². The van der Waals surface area contributed by atoms with Gasteiger partial charge in [-0.15, -0.1) is 0 Å². The molecule has 132 valence electrons. The highest BCUT2D eigenvalue weighted by atomic mass is 16.6. The van der Waals surface area contributed by atoms with Crippen molar-refractivity contribution in [2.45, 2.75) is 45.6 Å². The molecule has 0 spiro atoms. The fourth-order valence-electron chi connectivity index (χ4n) is 3.17. The molecule has 2 heterocycles. The zero-order valence-electron chi connectivity index (χ0n) is 14.6. The Hall–Kier alpha value is -2.70. The van der Waals surface area contributed by atoms with Gasteiger partial charge in [-0.3, -0.25) is 10.1 Å². The largest absolute Gasteiger partial charge is 0.354 e. The number of nitro groups is 1. The minimum absolute atomic E-state index is 0.0445. The summed E-state index contributed by atoms with van der Waals surface area (Å²) >= 11 is 0. The second-order valence-corrected chi connectivity index (χ2v) is 6.41. The van der Waals surface area contributed by atoms with Crippen molar-refractivity contribution in [1.82, 2.24) is 9.97 Å². The number of benzene rings is 1. The van der Waals surface area contributed by atoms with Crippen LogP contribution in [0.4, 0.5) is 23.1 Å². The maximum Gasteiger partial charge on any atom is 0.271 e. The number of anilines is 3. The summed E-state index contributed by atoms with van der Waals surface area (Å²) in [4.78, 5) is 22.1. The van der Waals surface area contributed by atoms with Crippen molar-refractivity contribution in [3.8, 4) is 0 Å². The molecule has 1 aliphatic rings. The first-order valence-electron chi connectivity index (χ1n) is 8.73. The number of aromatic nitrogens is 2. The van der Waals surface area contributed by atoms with Crippen LogP contribution in [-0.4, -0.2) is 27.5 Å². The molecule has 1 fully saturated rings. The summed E-state index contributed by atoms with van der Waals surface area (Å²) in [6.07, 6.45) is 4.21. The number of hydrogen-bond donors (Lipinski definition) is 1. The summed E-state index contributed by atoms with van der Waals surface area (Å²) in [6, 6.07) is 8.92. The van der Waals surface area contributed by atoms with Crippen LogP contribution >= 0.6 is 0 Å². The smallest absolute Gasteiger partial charge is 0.271 e. The highest BCUT2D eigenvalue weighted by Crippen LogP contribution is 2.27. The van der Waals surface area contributed by atoms with Crippen molar-refractivity contribution in [3.05, 3.63) is 46.1 Å². The fourth-order valence-corrected chi connectivity index (χ4v) is 3.17. The number of nitro benzene ring substituents is 1. The van der Waals surface area contributed by atoms with Gasteiger partial charge in [0.15, 0.2) is 0 Å². The standard InChI is InChI=1S/C18H23N5O2/c1-3-6-14-12-17(22-10-5-7-13(22)2)21-18(19-14)20-15-8-4-9-16(11-15)23(24)25/h4,8-9,11-13H,3,5-7,10H2,1-2H3,(H,19,20,21)/t13-/m1/s1. The van der Waals surface area contributed by atoms with Gasteiger partial charge >= 0.3 is 0 Å². The summed E-state index contributed by atoms with van der Waals surface area (Å²) in [5.41, 5.74) is 1.64. The number of nitrogens with one attached hydrogen (secondary N) is 1. The maximum absolute atomic E-state index is 10.9. The predicted octanol–water partition coefficient (Wildman–Crippen LogP) is 4.07. The SMILES string of the molecule is CCCc1cc(N2CCC[C@H]2C)nc(Nc2cccc([N+](=O)[O-])c2)n1. The van der Waals surface area contributed by atoms with Crippen LogP contribution in [0, 0.1) is 10.1 Å². The lowest BCUT2D eigenvalue weighted by Crippen LogP contribution is -2.27. The van der Waals surface area contributed by atoms with Gasteiger partial charge < -0.3 is 10.2 Å². The van der Waals surface area contributed by atoms with E-state index in [0.29, 0.717) is 17.7 Å².